The summed E-state index contributed by atoms with van der Waals surface area (Å²) in [5.41, 5.74) is 13.5. The summed E-state index contributed by atoms with van der Waals surface area (Å²) in [5, 5.41) is 10.2. The van der Waals surface area contributed by atoms with Crippen LogP contribution in [0.1, 0.15) is 25.0 Å². The molecule has 1 aliphatic rings. The van der Waals surface area contributed by atoms with E-state index in [-0.39, 0.29) is 5.41 Å². The Balaban J connectivity index is 1.11. The van der Waals surface area contributed by atoms with Gasteiger partial charge in [-0.15, -0.1) is 0 Å². The third-order valence-corrected chi connectivity index (χ3v) is 12.2. The second-order valence-corrected chi connectivity index (χ2v) is 15.7. The summed E-state index contributed by atoms with van der Waals surface area (Å²) in [6.45, 7) is 4.73. The molecular weight excluding hydrogens is 675 g/mol. The predicted molar refractivity (Wildman–Crippen MR) is 240 cm³/mol. The normalized spacial score (nSPS) is 13.0. The van der Waals surface area contributed by atoms with E-state index in [4.69, 9.17) is 0 Å². The zero-order chi connectivity index (χ0) is 37.4. The smallest absolute Gasteiger partial charge is 0.0468 e. The number of nitrogens with zero attached hydrogens (tertiary/aromatic N) is 1. The van der Waals surface area contributed by atoms with Crippen LogP contribution < -0.4 is 4.90 Å². The van der Waals surface area contributed by atoms with Gasteiger partial charge in [-0.05, 0) is 130 Å². The molecule has 0 unspecified atom stereocenters. The SMILES string of the molecule is CC1(C)c2ccccc2-c2ccc(N(c3cccc(-c4cccc(-c5cccc6ccccc56)c4)c3)c3ccc4c5ccccc5c5ccccc5c4c3)cc21. The first-order valence-corrected chi connectivity index (χ1v) is 19.6. The van der Waals surface area contributed by atoms with Crippen molar-refractivity contribution in [2.45, 2.75) is 19.3 Å². The lowest BCUT2D eigenvalue weighted by Crippen LogP contribution is -2.16. The van der Waals surface area contributed by atoms with E-state index in [1.165, 1.54) is 87.6 Å². The molecule has 0 saturated heterocycles. The number of anilines is 3. The van der Waals surface area contributed by atoms with E-state index in [1.54, 1.807) is 0 Å². The van der Waals surface area contributed by atoms with Crippen molar-refractivity contribution >= 4 is 60.2 Å². The van der Waals surface area contributed by atoms with Crippen LogP contribution in [0.2, 0.25) is 0 Å². The number of fused-ring (bicyclic) bond motifs is 10. The Hall–Kier alpha value is -6.96. The van der Waals surface area contributed by atoms with Crippen LogP contribution in [0.3, 0.4) is 0 Å². The molecule has 0 aliphatic heterocycles. The van der Waals surface area contributed by atoms with Crippen molar-refractivity contribution in [3.8, 4) is 33.4 Å². The molecule has 10 aromatic rings. The monoisotopic (exact) mass is 713 g/mol. The van der Waals surface area contributed by atoms with E-state index in [2.05, 4.69) is 219 Å². The first kappa shape index (κ1) is 32.5. The van der Waals surface area contributed by atoms with E-state index >= 15 is 0 Å². The summed E-state index contributed by atoms with van der Waals surface area (Å²) in [6.07, 6.45) is 0. The summed E-state index contributed by atoms with van der Waals surface area (Å²) < 4.78 is 0. The molecule has 264 valence electrons. The van der Waals surface area contributed by atoms with Crippen molar-refractivity contribution in [3.63, 3.8) is 0 Å². The third kappa shape index (κ3) is 5.01. The lowest BCUT2D eigenvalue weighted by molar-refractivity contribution is 0.660. The number of hydrogen-bond acceptors (Lipinski definition) is 1. The minimum absolute atomic E-state index is 0.115. The second-order valence-electron chi connectivity index (χ2n) is 15.7. The molecule has 0 amide bonds. The van der Waals surface area contributed by atoms with Gasteiger partial charge in [0.1, 0.15) is 0 Å². The molecule has 56 heavy (non-hydrogen) atoms. The fraction of sp³-hybridized carbons (Fsp3) is 0.0545. The summed E-state index contributed by atoms with van der Waals surface area (Å²) in [4.78, 5) is 2.46. The van der Waals surface area contributed by atoms with E-state index < -0.39 is 0 Å². The molecule has 0 bridgehead atoms. The Labute approximate surface area is 327 Å². The molecule has 0 fully saturated rings. The van der Waals surface area contributed by atoms with Gasteiger partial charge in [-0.25, -0.2) is 0 Å². The molecule has 0 atom stereocenters. The third-order valence-electron chi connectivity index (χ3n) is 12.2. The average molecular weight is 714 g/mol. The minimum Gasteiger partial charge on any atom is -0.310 e. The van der Waals surface area contributed by atoms with Crippen molar-refractivity contribution in [3.05, 3.63) is 211 Å². The molecule has 1 aliphatic carbocycles. The molecule has 0 spiro atoms. The zero-order valence-corrected chi connectivity index (χ0v) is 31.5. The van der Waals surface area contributed by atoms with E-state index in [9.17, 15) is 0 Å². The van der Waals surface area contributed by atoms with Crippen LogP contribution in [0.5, 0.6) is 0 Å². The largest absolute Gasteiger partial charge is 0.310 e. The maximum absolute atomic E-state index is 2.46. The fourth-order valence-corrected chi connectivity index (χ4v) is 9.48. The maximum Gasteiger partial charge on any atom is 0.0468 e. The first-order valence-electron chi connectivity index (χ1n) is 19.6. The molecule has 0 radical (unpaired) electrons. The van der Waals surface area contributed by atoms with Crippen molar-refractivity contribution in [1.82, 2.24) is 0 Å². The fourth-order valence-electron chi connectivity index (χ4n) is 9.48. The predicted octanol–water partition coefficient (Wildman–Crippen LogP) is 15.4. The highest BCUT2D eigenvalue weighted by Gasteiger charge is 2.35. The van der Waals surface area contributed by atoms with Gasteiger partial charge in [0.15, 0.2) is 0 Å². The van der Waals surface area contributed by atoms with Crippen LogP contribution in [-0.2, 0) is 5.41 Å². The molecule has 0 N–H and O–H groups in total. The highest BCUT2D eigenvalue weighted by atomic mass is 15.1. The van der Waals surface area contributed by atoms with Gasteiger partial charge in [-0.1, -0.05) is 172 Å². The van der Waals surface area contributed by atoms with Gasteiger partial charge in [0, 0.05) is 22.5 Å². The van der Waals surface area contributed by atoms with Gasteiger partial charge < -0.3 is 4.90 Å². The highest BCUT2D eigenvalue weighted by molar-refractivity contribution is 6.25. The summed E-state index contributed by atoms with van der Waals surface area (Å²) in [5.74, 6) is 0. The standard InChI is InChI=1S/C55H39N/c1-55(2)53-27-10-9-25-50(53)51-31-29-42(35-54(51)55)56(41-28-30-49-47-23-6-5-21-45(47)46-22-7-8-24-48(46)52(49)34-41)40-19-12-17-38(33-40)37-16-11-18-39(32-37)44-26-13-15-36-14-3-4-20-43(36)44/h3-35H,1-2H3. The molecule has 1 nitrogen and oxygen atoms in total. The number of hydrogen-bond donors (Lipinski definition) is 0. The van der Waals surface area contributed by atoms with Gasteiger partial charge >= 0.3 is 0 Å². The lowest BCUT2D eigenvalue weighted by atomic mass is 9.82. The molecule has 1 heteroatoms. The van der Waals surface area contributed by atoms with Crippen LogP contribution in [0, 0.1) is 0 Å². The van der Waals surface area contributed by atoms with Gasteiger partial charge in [-0.2, -0.15) is 0 Å². The van der Waals surface area contributed by atoms with Gasteiger partial charge in [0.25, 0.3) is 0 Å². The zero-order valence-electron chi connectivity index (χ0n) is 31.5. The van der Waals surface area contributed by atoms with Crippen molar-refractivity contribution in [1.29, 1.82) is 0 Å². The van der Waals surface area contributed by atoms with Gasteiger partial charge in [0.05, 0.1) is 0 Å². The van der Waals surface area contributed by atoms with Crippen LogP contribution >= 0.6 is 0 Å². The Bertz CT molecular complexity index is 3140. The molecule has 11 rings (SSSR count). The highest BCUT2D eigenvalue weighted by Crippen LogP contribution is 2.51. The van der Waals surface area contributed by atoms with Crippen LogP contribution in [0.25, 0.3) is 76.5 Å². The summed E-state index contributed by atoms with van der Waals surface area (Å²) in [6, 6.07) is 74.0. The van der Waals surface area contributed by atoms with E-state index in [1.807, 2.05) is 0 Å². The Morgan fingerprint density at radius 3 is 1.59 bits per heavy atom. The lowest BCUT2D eigenvalue weighted by Gasteiger charge is -2.29. The van der Waals surface area contributed by atoms with Gasteiger partial charge in [-0.3, -0.25) is 0 Å². The summed E-state index contributed by atoms with van der Waals surface area (Å²) in [7, 11) is 0. The Morgan fingerprint density at radius 1 is 0.304 bits per heavy atom. The Morgan fingerprint density at radius 2 is 0.804 bits per heavy atom. The molecule has 0 saturated carbocycles. The molecular formula is C55H39N. The topological polar surface area (TPSA) is 3.24 Å². The van der Waals surface area contributed by atoms with E-state index in [0.717, 1.165) is 17.1 Å². The second kappa shape index (κ2) is 12.5. The number of benzene rings is 10. The van der Waals surface area contributed by atoms with Crippen LogP contribution in [0.4, 0.5) is 17.1 Å². The molecule has 0 aromatic heterocycles. The first-order chi connectivity index (χ1) is 27.5. The average Bonchev–Trinajstić information content (AvgIpc) is 3.49. The summed E-state index contributed by atoms with van der Waals surface area (Å²) >= 11 is 0. The van der Waals surface area contributed by atoms with Gasteiger partial charge in [0.2, 0.25) is 0 Å². The number of rotatable bonds is 5. The molecule has 0 heterocycles. The molecule has 10 aromatic carbocycles. The van der Waals surface area contributed by atoms with Crippen LogP contribution in [0.15, 0.2) is 200 Å². The minimum atomic E-state index is -0.115. The quantitative estimate of drug-likeness (QED) is 0.161. The van der Waals surface area contributed by atoms with Crippen molar-refractivity contribution in [2.24, 2.45) is 0 Å². The van der Waals surface area contributed by atoms with Crippen LogP contribution in [-0.4, -0.2) is 0 Å². The van der Waals surface area contributed by atoms with Crippen molar-refractivity contribution < 1.29 is 0 Å². The van der Waals surface area contributed by atoms with E-state index in [0.29, 0.717) is 0 Å². The Kier molecular flexibility index (Phi) is 7.28. The maximum atomic E-state index is 2.46. The van der Waals surface area contributed by atoms with Crippen molar-refractivity contribution in [2.75, 3.05) is 4.90 Å².